The van der Waals surface area contributed by atoms with Gasteiger partial charge in [0.15, 0.2) is 17.5 Å². The van der Waals surface area contributed by atoms with Crippen LogP contribution in [-0.2, 0) is 5.41 Å². The maximum absolute atomic E-state index is 9.61. The number of benzene rings is 6. The summed E-state index contributed by atoms with van der Waals surface area (Å²) >= 11 is 0. The molecule has 0 aliphatic heterocycles. The number of rotatable bonds is 6. The van der Waals surface area contributed by atoms with Crippen LogP contribution < -0.4 is 0 Å². The van der Waals surface area contributed by atoms with Gasteiger partial charge in [-0.25, -0.2) is 15.0 Å². The van der Waals surface area contributed by atoms with Crippen molar-refractivity contribution in [1.82, 2.24) is 15.0 Å². The Morgan fingerprint density at radius 1 is 0.442 bits per heavy atom. The minimum atomic E-state index is 0.361. The summed E-state index contributed by atoms with van der Waals surface area (Å²) in [6, 6.07) is 51.2. The van der Waals surface area contributed by atoms with Gasteiger partial charge < -0.3 is 0 Å². The van der Waals surface area contributed by atoms with Gasteiger partial charge in [0, 0.05) is 16.7 Å². The zero-order valence-electron chi connectivity index (χ0n) is 29.0. The Kier molecular flexibility index (Phi) is 7.35. The molecule has 1 heterocycles. The molecule has 4 bridgehead atoms. The van der Waals surface area contributed by atoms with Gasteiger partial charge in [0.25, 0.3) is 0 Å². The van der Waals surface area contributed by atoms with Crippen molar-refractivity contribution in [2.75, 3.05) is 0 Å². The molecule has 4 aliphatic carbocycles. The largest absolute Gasteiger partial charge is 0.208 e. The van der Waals surface area contributed by atoms with Crippen molar-refractivity contribution >= 4 is 10.8 Å². The van der Waals surface area contributed by atoms with Crippen LogP contribution in [0.4, 0.5) is 0 Å². The number of hydrogen-bond donors (Lipinski definition) is 0. The minimum Gasteiger partial charge on any atom is -0.208 e. The van der Waals surface area contributed by atoms with Gasteiger partial charge >= 0.3 is 0 Å². The highest BCUT2D eigenvalue weighted by atomic mass is 15.0. The van der Waals surface area contributed by atoms with Crippen molar-refractivity contribution in [3.8, 4) is 62.5 Å². The van der Waals surface area contributed by atoms with Gasteiger partial charge in [0.2, 0.25) is 0 Å². The maximum atomic E-state index is 9.61. The van der Waals surface area contributed by atoms with Gasteiger partial charge in [-0.15, -0.1) is 0 Å². The van der Waals surface area contributed by atoms with E-state index < -0.39 is 0 Å². The van der Waals surface area contributed by atoms with Crippen molar-refractivity contribution in [1.29, 1.82) is 5.26 Å². The lowest BCUT2D eigenvalue weighted by molar-refractivity contribution is -0.00518. The molecule has 7 aromatic rings. The van der Waals surface area contributed by atoms with E-state index in [1.54, 1.807) is 0 Å². The lowest BCUT2D eigenvalue weighted by Gasteiger charge is -2.57. The van der Waals surface area contributed by atoms with Crippen LogP contribution in [0.25, 0.3) is 67.2 Å². The molecule has 6 aromatic carbocycles. The summed E-state index contributed by atoms with van der Waals surface area (Å²) in [5.74, 6) is 4.67. The lowest BCUT2D eigenvalue weighted by Crippen LogP contribution is -2.48. The molecule has 0 N–H and O–H groups in total. The zero-order valence-corrected chi connectivity index (χ0v) is 29.0. The normalized spacial score (nSPS) is 21.6. The van der Waals surface area contributed by atoms with E-state index in [0.29, 0.717) is 28.5 Å². The average Bonchev–Trinajstić information content (AvgIpc) is 3.20. The van der Waals surface area contributed by atoms with Crippen molar-refractivity contribution < 1.29 is 0 Å². The molecule has 4 nitrogen and oxygen atoms in total. The summed E-state index contributed by atoms with van der Waals surface area (Å²) in [6.45, 7) is 0. The first kappa shape index (κ1) is 30.9. The quantitative estimate of drug-likeness (QED) is 0.177. The van der Waals surface area contributed by atoms with Crippen LogP contribution in [0.2, 0.25) is 0 Å². The zero-order chi connectivity index (χ0) is 34.6. The topological polar surface area (TPSA) is 62.5 Å². The fourth-order valence-electron chi connectivity index (χ4n) is 10.0. The van der Waals surface area contributed by atoms with Crippen LogP contribution >= 0.6 is 0 Å². The molecular formula is C48H38N4. The fourth-order valence-corrected chi connectivity index (χ4v) is 10.0. The fraction of sp³-hybridized carbons (Fsp3) is 0.208. The highest BCUT2D eigenvalue weighted by Crippen LogP contribution is 2.60. The van der Waals surface area contributed by atoms with E-state index in [4.69, 9.17) is 15.0 Å². The second-order valence-corrected chi connectivity index (χ2v) is 15.5. The number of nitrogens with zero attached hydrogens (tertiary/aromatic N) is 4. The molecule has 11 rings (SSSR count). The average molecular weight is 671 g/mol. The van der Waals surface area contributed by atoms with Gasteiger partial charge in [-0.1, -0.05) is 103 Å². The molecule has 52 heavy (non-hydrogen) atoms. The van der Waals surface area contributed by atoms with Crippen LogP contribution in [0.3, 0.4) is 0 Å². The molecule has 250 valence electrons. The van der Waals surface area contributed by atoms with E-state index in [-0.39, 0.29) is 0 Å². The first-order valence-electron chi connectivity index (χ1n) is 18.7. The number of nitriles is 1. The summed E-state index contributed by atoms with van der Waals surface area (Å²) in [6.07, 6.45) is 8.44. The first-order valence-corrected chi connectivity index (χ1v) is 18.7. The standard InChI is InChI=1S/C48H38N4/c49-30-31-11-12-35-13-14-39(23-40(35)22-31)42-24-41(36-15-17-44(18-16-36)48-27-32-19-33(28-48)21-34(20-32)29-48)25-43(26-42)47-51-45(37-7-3-1-4-8-37)50-46(52-47)38-9-5-2-6-10-38/h1-18,22-26,32-34H,19-21,27-29H2/t32-,33+,34-,48?. The highest BCUT2D eigenvalue weighted by Gasteiger charge is 2.51. The Bertz CT molecular complexity index is 2400. The molecule has 4 aliphatic rings. The van der Waals surface area contributed by atoms with Crippen molar-refractivity contribution in [2.24, 2.45) is 17.8 Å². The van der Waals surface area contributed by atoms with Gasteiger partial charge in [-0.2, -0.15) is 5.26 Å². The van der Waals surface area contributed by atoms with E-state index in [9.17, 15) is 5.26 Å². The predicted octanol–water partition coefficient (Wildman–Crippen LogP) is 11.7. The second kappa shape index (κ2) is 12.4. The van der Waals surface area contributed by atoms with Gasteiger partial charge in [0.1, 0.15) is 0 Å². The number of aromatic nitrogens is 3. The minimum absolute atomic E-state index is 0.361. The van der Waals surface area contributed by atoms with Crippen LogP contribution in [0.15, 0.2) is 140 Å². The van der Waals surface area contributed by atoms with E-state index in [1.165, 1.54) is 49.7 Å². The van der Waals surface area contributed by atoms with Gasteiger partial charge in [-0.3, -0.25) is 0 Å². The molecule has 0 saturated heterocycles. The van der Waals surface area contributed by atoms with E-state index in [1.807, 2.05) is 78.9 Å². The Morgan fingerprint density at radius 3 is 1.52 bits per heavy atom. The van der Waals surface area contributed by atoms with E-state index >= 15 is 0 Å². The van der Waals surface area contributed by atoms with Crippen molar-refractivity contribution in [3.05, 3.63) is 151 Å². The SMILES string of the molecule is N#Cc1ccc2ccc(-c3cc(-c4ccc(C56C[C@H]7C[C@@H](C5)C[C@@H](C6)C7)cc4)cc(-c4nc(-c5ccccc5)nc(-c5ccccc5)n4)c3)cc2c1. The molecule has 4 heteroatoms. The summed E-state index contributed by atoms with van der Waals surface area (Å²) in [7, 11) is 0. The first-order chi connectivity index (χ1) is 25.6. The lowest BCUT2D eigenvalue weighted by atomic mass is 9.48. The molecule has 4 fully saturated rings. The molecule has 0 spiro atoms. The number of fused-ring (bicyclic) bond motifs is 1. The molecule has 0 radical (unpaired) electrons. The van der Waals surface area contributed by atoms with Gasteiger partial charge in [0.05, 0.1) is 11.6 Å². The molecule has 0 unspecified atom stereocenters. The predicted molar refractivity (Wildman–Crippen MR) is 209 cm³/mol. The van der Waals surface area contributed by atoms with Crippen LogP contribution in [-0.4, -0.2) is 15.0 Å². The Balaban J connectivity index is 1.12. The maximum Gasteiger partial charge on any atom is 0.164 e. The van der Waals surface area contributed by atoms with Crippen LogP contribution in [0.1, 0.15) is 49.7 Å². The molecule has 0 amide bonds. The smallest absolute Gasteiger partial charge is 0.164 e. The summed E-state index contributed by atoms with van der Waals surface area (Å²) in [4.78, 5) is 15.2. The van der Waals surface area contributed by atoms with Crippen LogP contribution in [0.5, 0.6) is 0 Å². The monoisotopic (exact) mass is 670 g/mol. The Morgan fingerprint density at radius 2 is 0.942 bits per heavy atom. The Hall–Kier alpha value is -5.92. The number of hydrogen-bond acceptors (Lipinski definition) is 4. The van der Waals surface area contributed by atoms with Crippen molar-refractivity contribution in [3.63, 3.8) is 0 Å². The molecular weight excluding hydrogens is 633 g/mol. The Labute approximate surface area is 304 Å². The highest BCUT2D eigenvalue weighted by molar-refractivity contribution is 5.90. The summed E-state index contributed by atoms with van der Waals surface area (Å²) in [5, 5.41) is 11.8. The van der Waals surface area contributed by atoms with E-state index in [0.717, 1.165) is 61.9 Å². The molecule has 0 atom stereocenters. The summed E-state index contributed by atoms with van der Waals surface area (Å²) in [5.41, 5.74) is 9.84. The molecule has 4 saturated carbocycles. The van der Waals surface area contributed by atoms with Crippen molar-refractivity contribution in [2.45, 2.75) is 43.9 Å². The second-order valence-electron chi connectivity index (χ2n) is 15.5. The summed E-state index contributed by atoms with van der Waals surface area (Å²) < 4.78 is 0. The van der Waals surface area contributed by atoms with Gasteiger partial charge in [-0.05, 0) is 137 Å². The third-order valence-electron chi connectivity index (χ3n) is 12.1. The third-order valence-corrected chi connectivity index (χ3v) is 12.1. The van der Waals surface area contributed by atoms with E-state index in [2.05, 4.69) is 66.7 Å². The van der Waals surface area contributed by atoms with Crippen LogP contribution in [0, 0.1) is 29.1 Å². The third kappa shape index (κ3) is 5.58. The molecule has 1 aromatic heterocycles.